The Hall–Kier alpha value is -0.610. The van der Waals surface area contributed by atoms with E-state index in [0.29, 0.717) is 6.54 Å². The summed E-state index contributed by atoms with van der Waals surface area (Å²) in [5, 5.41) is 15.8. The van der Waals surface area contributed by atoms with Crippen LogP contribution in [-0.4, -0.2) is 36.2 Å². The van der Waals surface area contributed by atoms with Crippen LogP contribution in [0.3, 0.4) is 0 Å². The zero-order valence-corrected chi connectivity index (χ0v) is 11.1. The van der Waals surface area contributed by atoms with Gasteiger partial charge >= 0.3 is 0 Å². The van der Waals surface area contributed by atoms with Crippen molar-refractivity contribution in [2.75, 3.05) is 19.7 Å². The number of carbonyl (C=O) groups excluding carboxylic acids is 1. The maximum atomic E-state index is 12.0. The molecule has 1 aliphatic carbocycles. The van der Waals surface area contributed by atoms with E-state index in [0.717, 1.165) is 32.2 Å². The highest BCUT2D eigenvalue weighted by Crippen LogP contribution is 2.27. The van der Waals surface area contributed by atoms with Crippen molar-refractivity contribution in [1.29, 1.82) is 0 Å². The van der Waals surface area contributed by atoms with Gasteiger partial charge in [0, 0.05) is 12.5 Å². The van der Waals surface area contributed by atoms with E-state index in [-0.39, 0.29) is 24.0 Å². The number of hydrogen-bond donors (Lipinski definition) is 3. The Morgan fingerprint density at radius 2 is 2.00 bits per heavy atom. The standard InChI is InChI=1S/C13H26N2O2/c1-3-14-9-11(2)12(17)15-13(10-16)7-5-4-6-8-13/h11,14,16H,3-10H2,1-2H3,(H,15,17). The highest BCUT2D eigenvalue weighted by molar-refractivity contribution is 5.79. The van der Waals surface area contributed by atoms with Gasteiger partial charge in [0.05, 0.1) is 12.1 Å². The number of carbonyl (C=O) groups is 1. The molecule has 1 aliphatic rings. The lowest BCUT2D eigenvalue weighted by Crippen LogP contribution is -2.54. The van der Waals surface area contributed by atoms with E-state index in [2.05, 4.69) is 10.6 Å². The van der Waals surface area contributed by atoms with Gasteiger partial charge in [-0.25, -0.2) is 0 Å². The van der Waals surface area contributed by atoms with Crippen molar-refractivity contribution in [2.24, 2.45) is 5.92 Å². The highest BCUT2D eigenvalue weighted by Gasteiger charge is 2.33. The van der Waals surface area contributed by atoms with Crippen LogP contribution in [0.1, 0.15) is 46.0 Å². The third kappa shape index (κ3) is 4.28. The third-order valence-electron chi connectivity index (χ3n) is 3.65. The molecular weight excluding hydrogens is 216 g/mol. The molecule has 0 bridgehead atoms. The molecule has 4 heteroatoms. The smallest absolute Gasteiger partial charge is 0.224 e. The van der Waals surface area contributed by atoms with Crippen LogP contribution in [0.2, 0.25) is 0 Å². The Kier molecular flexibility index (Phi) is 5.92. The summed E-state index contributed by atoms with van der Waals surface area (Å²) in [7, 11) is 0. The Morgan fingerprint density at radius 1 is 1.35 bits per heavy atom. The molecule has 0 spiro atoms. The number of hydrogen-bond acceptors (Lipinski definition) is 3. The molecule has 1 amide bonds. The van der Waals surface area contributed by atoms with E-state index in [9.17, 15) is 9.90 Å². The predicted octanol–water partition coefficient (Wildman–Crippen LogP) is 1.04. The molecular formula is C13H26N2O2. The third-order valence-corrected chi connectivity index (χ3v) is 3.65. The van der Waals surface area contributed by atoms with Gasteiger partial charge in [-0.05, 0) is 19.4 Å². The Bertz CT molecular complexity index is 238. The molecule has 17 heavy (non-hydrogen) atoms. The zero-order valence-electron chi connectivity index (χ0n) is 11.1. The number of amides is 1. The van der Waals surface area contributed by atoms with Crippen molar-refractivity contribution >= 4 is 5.91 Å². The summed E-state index contributed by atoms with van der Waals surface area (Å²) in [6.07, 6.45) is 5.22. The molecule has 1 unspecified atom stereocenters. The van der Waals surface area contributed by atoms with Gasteiger partial charge in [0.2, 0.25) is 5.91 Å². The molecule has 0 radical (unpaired) electrons. The fourth-order valence-electron chi connectivity index (χ4n) is 2.39. The first-order chi connectivity index (χ1) is 8.13. The average molecular weight is 242 g/mol. The van der Waals surface area contributed by atoms with Crippen LogP contribution in [0.5, 0.6) is 0 Å². The second kappa shape index (κ2) is 6.97. The summed E-state index contributed by atoms with van der Waals surface area (Å²) in [6, 6.07) is 0. The number of aliphatic hydroxyl groups excluding tert-OH is 1. The van der Waals surface area contributed by atoms with Crippen LogP contribution in [0.15, 0.2) is 0 Å². The van der Waals surface area contributed by atoms with Gasteiger partial charge in [0.25, 0.3) is 0 Å². The molecule has 0 aliphatic heterocycles. The average Bonchev–Trinajstić information content (AvgIpc) is 2.36. The Labute approximate surface area is 104 Å². The molecule has 0 aromatic rings. The first-order valence-corrected chi connectivity index (χ1v) is 6.77. The molecule has 1 saturated carbocycles. The first-order valence-electron chi connectivity index (χ1n) is 6.77. The number of rotatable bonds is 6. The Balaban J connectivity index is 2.46. The minimum atomic E-state index is -0.351. The highest BCUT2D eigenvalue weighted by atomic mass is 16.3. The molecule has 4 nitrogen and oxygen atoms in total. The van der Waals surface area contributed by atoms with Gasteiger partial charge in [-0.15, -0.1) is 0 Å². The van der Waals surface area contributed by atoms with Crippen LogP contribution in [-0.2, 0) is 4.79 Å². The van der Waals surface area contributed by atoms with Crippen LogP contribution in [0, 0.1) is 5.92 Å². The molecule has 0 saturated heterocycles. The topological polar surface area (TPSA) is 61.4 Å². The van der Waals surface area contributed by atoms with Crippen molar-refractivity contribution in [3.63, 3.8) is 0 Å². The van der Waals surface area contributed by atoms with Crippen LogP contribution in [0.25, 0.3) is 0 Å². The van der Waals surface area contributed by atoms with Gasteiger partial charge in [0.15, 0.2) is 0 Å². The maximum absolute atomic E-state index is 12.0. The van der Waals surface area contributed by atoms with E-state index >= 15 is 0 Å². The SMILES string of the molecule is CCNCC(C)C(=O)NC1(CO)CCCCC1. The van der Waals surface area contributed by atoms with E-state index in [1.165, 1.54) is 6.42 Å². The predicted molar refractivity (Wildman–Crippen MR) is 68.8 cm³/mol. The molecule has 0 aromatic heterocycles. The molecule has 100 valence electrons. The maximum Gasteiger partial charge on any atom is 0.224 e. The summed E-state index contributed by atoms with van der Waals surface area (Å²) in [5.41, 5.74) is -0.351. The fraction of sp³-hybridized carbons (Fsp3) is 0.923. The number of nitrogens with one attached hydrogen (secondary N) is 2. The van der Waals surface area contributed by atoms with Gasteiger partial charge < -0.3 is 15.7 Å². The lowest BCUT2D eigenvalue weighted by atomic mass is 9.82. The van der Waals surface area contributed by atoms with E-state index < -0.39 is 0 Å². The fourth-order valence-corrected chi connectivity index (χ4v) is 2.39. The van der Waals surface area contributed by atoms with E-state index in [1.807, 2.05) is 13.8 Å². The van der Waals surface area contributed by atoms with Crippen LogP contribution in [0.4, 0.5) is 0 Å². The summed E-state index contributed by atoms with van der Waals surface area (Å²) in [5.74, 6) is 0.0159. The summed E-state index contributed by atoms with van der Waals surface area (Å²) >= 11 is 0. The lowest BCUT2D eigenvalue weighted by molar-refractivity contribution is -0.127. The molecule has 0 heterocycles. The second-order valence-corrected chi connectivity index (χ2v) is 5.20. The minimum Gasteiger partial charge on any atom is -0.394 e. The van der Waals surface area contributed by atoms with Crippen molar-refractivity contribution in [2.45, 2.75) is 51.5 Å². The van der Waals surface area contributed by atoms with E-state index in [1.54, 1.807) is 0 Å². The molecule has 0 aromatic carbocycles. The van der Waals surface area contributed by atoms with Gasteiger partial charge in [0.1, 0.15) is 0 Å². The molecule has 1 atom stereocenters. The normalized spacial score (nSPS) is 20.9. The minimum absolute atomic E-state index is 0.0414. The summed E-state index contributed by atoms with van der Waals surface area (Å²) in [6.45, 7) is 5.59. The van der Waals surface area contributed by atoms with E-state index in [4.69, 9.17) is 0 Å². The van der Waals surface area contributed by atoms with Crippen molar-refractivity contribution in [3.8, 4) is 0 Å². The largest absolute Gasteiger partial charge is 0.394 e. The first kappa shape index (κ1) is 14.5. The number of aliphatic hydroxyl groups is 1. The summed E-state index contributed by atoms with van der Waals surface area (Å²) < 4.78 is 0. The lowest BCUT2D eigenvalue weighted by Gasteiger charge is -2.37. The second-order valence-electron chi connectivity index (χ2n) is 5.20. The summed E-state index contributed by atoms with van der Waals surface area (Å²) in [4.78, 5) is 12.0. The van der Waals surface area contributed by atoms with Crippen molar-refractivity contribution in [3.05, 3.63) is 0 Å². The van der Waals surface area contributed by atoms with Crippen molar-refractivity contribution < 1.29 is 9.90 Å². The Morgan fingerprint density at radius 3 is 2.53 bits per heavy atom. The van der Waals surface area contributed by atoms with Crippen LogP contribution >= 0.6 is 0 Å². The molecule has 3 N–H and O–H groups in total. The van der Waals surface area contributed by atoms with Gasteiger partial charge in [-0.1, -0.05) is 33.1 Å². The monoisotopic (exact) mass is 242 g/mol. The molecule has 1 rings (SSSR count). The van der Waals surface area contributed by atoms with Crippen molar-refractivity contribution in [1.82, 2.24) is 10.6 Å². The van der Waals surface area contributed by atoms with Gasteiger partial charge in [-0.2, -0.15) is 0 Å². The molecule has 1 fully saturated rings. The van der Waals surface area contributed by atoms with Gasteiger partial charge in [-0.3, -0.25) is 4.79 Å². The van der Waals surface area contributed by atoms with Crippen LogP contribution < -0.4 is 10.6 Å². The quantitative estimate of drug-likeness (QED) is 0.652. The zero-order chi connectivity index (χ0) is 12.7.